The standard InChI is InChI=1S/C25H31F4N5O5S2/c1-2-41(36,37)18-6-4-16(5-7-18)19(8-9-30)20-21(22(31)35)40-25(32-20)34-12-11-33(10-3-13-38-23(26)27)14-17(34)15-39-24(28)29/h4-7,17,19,23-24H,2-3,8,10-15H2,1H3,(H2,31,35)/t17-,19-/m0/s1. The highest BCUT2D eigenvalue weighted by molar-refractivity contribution is 7.91. The highest BCUT2D eigenvalue weighted by Gasteiger charge is 2.33. The summed E-state index contributed by atoms with van der Waals surface area (Å²) >= 11 is 0.968. The van der Waals surface area contributed by atoms with Gasteiger partial charge in [-0.25, -0.2) is 13.4 Å². The van der Waals surface area contributed by atoms with Crippen LogP contribution in [0.4, 0.5) is 22.7 Å². The van der Waals surface area contributed by atoms with Gasteiger partial charge in [-0.05, 0) is 24.1 Å². The number of nitrogens with zero attached hydrogens (tertiary/aromatic N) is 4. The van der Waals surface area contributed by atoms with E-state index in [2.05, 4.69) is 20.5 Å². The van der Waals surface area contributed by atoms with Gasteiger partial charge in [-0.3, -0.25) is 9.69 Å². The van der Waals surface area contributed by atoms with Gasteiger partial charge in [-0.2, -0.15) is 22.8 Å². The predicted molar refractivity (Wildman–Crippen MR) is 143 cm³/mol. The lowest BCUT2D eigenvalue weighted by Crippen LogP contribution is -2.55. The third kappa shape index (κ3) is 8.82. The number of thiazole rings is 1. The van der Waals surface area contributed by atoms with Crippen LogP contribution in [0, 0.1) is 11.3 Å². The summed E-state index contributed by atoms with van der Waals surface area (Å²) in [5, 5.41) is 9.86. The average Bonchev–Trinajstić information content (AvgIpc) is 3.38. The molecule has 0 aliphatic carbocycles. The summed E-state index contributed by atoms with van der Waals surface area (Å²) in [6.45, 7) is -3.45. The van der Waals surface area contributed by atoms with Gasteiger partial charge < -0.3 is 20.1 Å². The van der Waals surface area contributed by atoms with E-state index in [-0.39, 0.29) is 47.4 Å². The minimum atomic E-state index is -3.45. The van der Waals surface area contributed by atoms with E-state index in [1.165, 1.54) is 19.1 Å². The number of anilines is 1. The summed E-state index contributed by atoms with van der Waals surface area (Å²) in [5.41, 5.74) is 6.44. The van der Waals surface area contributed by atoms with Gasteiger partial charge in [-0.15, -0.1) is 0 Å². The summed E-state index contributed by atoms with van der Waals surface area (Å²) in [4.78, 5) is 20.9. The van der Waals surface area contributed by atoms with Gasteiger partial charge in [0.05, 0.1) is 41.7 Å². The molecule has 41 heavy (non-hydrogen) atoms. The highest BCUT2D eigenvalue weighted by Crippen LogP contribution is 2.37. The first-order valence-corrected chi connectivity index (χ1v) is 15.2. The predicted octanol–water partition coefficient (Wildman–Crippen LogP) is 3.44. The molecule has 10 nitrogen and oxygen atoms in total. The van der Waals surface area contributed by atoms with Crippen molar-refractivity contribution in [3.05, 3.63) is 40.4 Å². The molecule has 16 heteroatoms. The van der Waals surface area contributed by atoms with E-state index >= 15 is 0 Å². The number of ether oxygens (including phenoxy) is 2. The zero-order valence-electron chi connectivity index (χ0n) is 22.2. The Kier molecular flexibility index (Phi) is 11.9. The number of amides is 1. The second-order valence-electron chi connectivity index (χ2n) is 9.19. The Bertz CT molecular complexity index is 1300. The fourth-order valence-corrected chi connectivity index (χ4v) is 6.52. The number of aromatic nitrogens is 1. The molecule has 1 aromatic carbocycles. The molecule has 2 N–H and O–H groups in total. The Balaban J connectivity index is 1.90. The van der Waals surface area contributed by atoms with Crippen LogP contribution < -0.4 is 10.6 Å². The van der Waals surface area contributed by atoms with E-state index in [4.69, 9.17) is 5.73 Å². The minimum absolute atomic E-state index is 0.0809. The molecule has 2 heterocycles. The van der Waals surface area contributed by atoms with Gasteiger partial charge in [0.2, 0.25) is 0 Å². The summed E-state index contributed by atoms with van der Waals surface area (Å²) < 4.78 is 83.7. The summed E-state index contributed by atoms with van der Waals surface area (Å²) in [5.74, 6) is -1.57. The molecule has 2 atom stereocenters. The van der Waals surface area contributed by atoms with Gasteiger partial charge in [0, 0.05) is 38.5 Å². The maximum Gasteiger partial charge on any atom is 0.345 e. The van der Waals surface area contributed by atoms with Gasteiger partial charge >= 0.3 is 13.2 Å². The van der Waals surface area contributed by atoms with E-state index in [0.717, 1.165) is 11.3 Å². The van der Waals surface area contributed by atoms with Crippen LogP contribution in [0.1, 0.15) is 46.6 Å². The molecule has 2 aromatic rings. The number of carbonyl (C=O) groups excluding carboxylic acids is 1. The number of rotatable bonds is 15. The van der Waals surface area contributed by atoms with Crippen molar-refractivity contribution < 1.29 is 40.2 Å². The first-order chi connectivity index (χ1) is 19.5. The van der Waals surface area contributed by atoms with Gasteiger partial charge in [0.1, 0.15) is 4.88 Å². The molecule has 1 fully saturated rings. The van der Waals surface area contributed by atoms with E-state index in [1.807, 2.05) is 4.90 Å². The second kappa shape index (κ2) is 14.9. The molecule has 1 aliphatic heterocycles. The third-order valence-corrected chi connectivity index (χ3v) is 9.48. The maximum atomic E-state index is 12.9. The molecule has 226 valence electrons. The SMILES string of the molecule is CCS(=O)(=O)c1ccc([C@H](CC#N)c2nc(N3CCN(CCCOC(F)F)C[C@H]3COC(F)F)sc2C(N)=O)cc1. The Morgan fingerprint density at radius 1 is 1.20 bits per heavy atom. The van der Waals surface area contributed by atoms with Crippen LogP contribution in [0.15, 0.2) is 29.2 Å². The van der Waals surface area contributed by atoms with Crippen molar-refractivity contribution in [1.29, 1.82) is 5.26 Å². The van der Waals surface area contributed by atoms with Crippen LogP contribution in [0.25, 0.3) is 0 Å². The normalized spacial score (nSPS) is 17.2. The first-order valence-electron chi connectivity index (χ1n) is 12.8. The fourth-order valence-electron chi connectivity index (χ4n) is 4.56. The molecule has 1 saturated heterocycles. The van der Waals surface area contributed by atoms with Crippen LogP contribution in [-0.2, 0) is 19.3 Å². The van der Waals surface area contributed by atoms with Crippen molar-refractivity contribution in [1.82, 2.24) is 9.88 Å². The van der Waals surface area contributed by atoms with Gasteiger partial charge in [0.15, 0.2) is 15.0 Å². The minimum Gasteiger partial charge on any atom is -0.365 e. The lowest BCUT2D eigenvalue weighted by atomic mass is 9.92. The van der Waals surface area contributed by atoms with Crippen molar-refractivity contribution in [3.63, 3.8) is 0 Å². The zero-order chi connectivity index (χ0) is 30.2. The smallest absolute Gasteiger partial charge is 0.345 e. The number of hydrogen-bond acceptors (Lipinski definition) is 10. The highest BCUT2D eigenvalue weighted by atomic mass is 32.2. The Hall–Kier alpha value is -2.84. The number of carbonyl (C=O) groups is 1. The van der Waals surface area contributed by atoms with E-state index < -0.39 is 40.9 Å². The number of benzene rings is 1. The number of hydrogen-bond donors (Lipinski definition) is 1. The number of primary amides is 1. The van der Waals surface area contributed by atoms with Gasteiger partial charge in [0.25, 0.3) is 5.91 Å². The molecule has 0 unspecified atom stereocenters. The van der Waals surface area contributed by atoms with Crippen molar-refractivity contribution in [2.45, 2.75) is 49.8 Å². The fraction of sp³-hybridized carbons (Fsp3) is 0.560. The molecule has 1 aromatic heterocycles. The van der Waals surface area contributed by atoms with Crippen LogP contribution in [-0.4, -0.2) is 88.6 Å². The van der Waals surface area contributed by atoms with Crippen molar-refractivity contribution in [2.75, 3.05) is 50.0 Å². The van der Waals surface area contributed by atoms with Crippen LogP contribution in [0.3, 0.4) is 0 Å². The van der Waals surface area contributed by atoms with E-state index in [0.29, 0.717) is 36.8 Å². The molecule has 1 aliphatic rings. The third-order valence-electron chi connectivity index (χ3n) is 6.60. The van der Waals surface area contributed by atoms with Crippen LogP contribution >= 0.6 is 11.3 Å². The summed E-state index contributed by atoms with van der Waals surface area (Å²) in [6.07, 6.45) is 0.226. The molecule has 0 saturated carbocycles. The lowest BCUT2D eigenvalue weighted by Gasteiger charge is -2.41. The number of nitrogens with two attached hydrogens (primary N) is 1. The molecular formula is C25H31F4N5O5S2. The first kappa shape index (κ1) is 32.7. The topological polar surface area (TPSA) is 139 Å². The number of alkyl halides is 4. The zero-order valence-corrected chi connectivity index (χ0v) is 23.9. The van der Waals surface area contributed by atoms with Crippen LogP contribution in [0.5, 0.6) is 0 Å². The molecule has 1 amide bonds. The number of piperazine rings is 1. The van der Waals surface area contributed by atoms with Gasteiger partial charge in [-0.1, -0.05) is 30.4 Å². The monoisotopic (exact) mass is 621 g/mol. The van der Waals surface area contributed by atoms with Crippen molar-refractivity contribution in [3.8, 4) is 6.07 Å². The number of sulfone groups is 1. The summed E-state index contributed by atoms with van der Waals surface area (Å²) in [7, 11) is -3.45. The average molecular weight is 622 g/mol. The largest absolute Gasteiger partial charge is 0.365 e. The van der Waals surface area contributed by atoms with Crippen molar-refractivity contribution in [2.24, 2.45) is 5.73 Å². The Morgan fingerprint density at radius 2 is 1.88 bits per heavy atom. The Labute approximate surface area is 239 Å². The lowest BCUT2D eigenvalue weighted by molar-refractivity contribution is -0.134. The second-order valence-corrected chi connectivity index (χ2v) is 12.4. The number of nitriles is 1. The molecule has 0 spiro atoms. The molecule has 0 radical (unpaired) electrons. The maximum absolute atomic E-state index is 12.9. The molecule has 3 rings (SSSR count). The van der Waals surface area contributed by atoms with E-state index in [9.17, 15) is 36.0 Å². The van der Waals surface area contributed by atoms with E-state index in [1.54, 1.807) is 17.0 Å². The summed E-state index contributed by atoms with van der Waals surface area (Å²) in [6, 6.07) is 7.44. The quantitative estimate of drug-likeness (QED) is 0.234. The van der Waals surface area contributed by atoms with Crippen LogP contribution in [0.2, 0.25) is 0 Å². The number of halogens is 4. The molecular weight excluding hydrogens is 590 g/mol. The Morgan fingerprint density at radius 3 is 2.46 bits per heavy atom. The molecule has 0 bridgehead atoms. The van der Waals surface area contributed by atoms with Crippen molar-refractivity contribution >= 4 is 32.2 Å².